The van der Waals surface area contributed by atoms with E-state index in [1.54, 1.807) is 23.1 Å². The maximum Gasteiger partial charge on any atom is 0.264 e. The number of piperidine rings is 1. The van der Waals surface area contributed by atoms with E-state index in [0.717, 1.165) is 31.2 Å². The molecule has 2 N–H and O–H groups in total. The average Bonchev–Trinajstić information content (AvgIpc) is 3.37. The zero-order chi connectivity index (χ0) is 20.4. The summed E-state index contributed by atoms with van der Waals surface area (Å²) in [5.41, 5.74) is 2.04. The second-order valence-electron chi connectivity index (χ2n) is 7.75. The Kier molecular flexibility index (Phi) is 5.67. The standard InChI is InChI=1S/C22H25N3O3S/c1-14-7-8-15(20(26)23-16-9-10-16)13-17(14)24-21(27)18-5-2-3-11-25(18)22(28)19-6-4-12-29-19/h4,6-8,12-13,16,18H,2-3,5,9-11H2,1H3,(H,23,26)(H,24,27). The van der Waals surface area contributed by atoms with Crippen molar-refractivity contribution < 1.29 is 14.4 Å². The summed E-state index contributed by atoms with van der Waals surface area (Å²) in [4.78, 5) is 40.6. The first kappa shape index (κ1) is 19.6. The number of benzene rings is 1. The third-order valence-electron chi connectivity index (χ3n) is 5.47. The topological polar surface area (TPSA) is 78.5 Å². The van der Waals surface area contributed by atoms with Crippen LogP contribution in [0, 0.1) is 6.92 Å². The first-order valence-electron chi connectivity index (χ1n) is 10.1. The maximum atomic E-state index is 13.1. The van der Waals surface area contributed by atoms with Crippen molar-refractivity contribution in [2.24, 2.45) is 0 Å². The van der Waals surface area contributed by atoms with Crippen LogP contribution >= 0.6 is 11.3 Å². The fourth-order valence-electron chi connectivity index (χ4n) is 3.60. The lowest BCUT2D eigenvalue weighted by Crippen LogP contribution is -2.49. The van der Waals surface area contributed by atoms with Crippen molar-refractivity contribution >= 4 is 34.7 Å². The minimum atomic E-state index is -0.498. The first-order chi connectivity index (χ1) is 14.0. The van der Waals surface area contributed by atoms with Crippen molar-refractivity contribution in [1.29, 1.82) is 0 Å². The van der Waals surface area contributed by atoms with Gasteiger partial charge in [-0.05, 0) is 68.2 Å². The van der Waals surface area contributed by atoms with E-state index in [0.29, 0.717) is 29.1 Å². The minimum absolute atomic E-state index is 0.0888. The molecule has 1 unspecified atom stereocenters. The zero-order valence-electron chi connectivity index (χ0n) is 16.4. The molecule has 6 nitrogen and oxygen atoms in total. The molecule has 1 atom stereocenters. The van der Waals surface area contributed by atoms with Gasteiger partial charge in [0, 0.05) is 23.8 Å². The summed E-state index contributed by atoms with van der Waals surface area (Å²) in [5, 5.41) is 7.80. The number of hydrogen-bond acceptors (Lipinski definition) is 4. The molecular formula is C22H25N3O3S. The number of carbonyl (C=O) groups is 3. The second kappa shape index (κ2) is 8.37. The molecule has 1 saturated carbocycles. The van der Waals surface area contributed by atoms with Crippen LogP contribution in [0.2, 0.25) is 0 Å². The molecule has 1 saturated heterocycles. The predicted molar refractivity (Wildman–Crippen MR) is 113 cm³/mol. The van der Waals surface area contributed by atoms with Crippen molar-refractivity contribution in [3.63, 3.8) is 0 Å². The molecule has 7 heteroatoms. The van der Waals surface area contributed by atoms with E-state index in [9.17, 15) is 14.4 Å². The summed E-state index contributed by atoms with van der Waals surface area (Å²) in [5.74, 6) is -0.401. The Labute approximate surface area is 174 Å². The summed E-state index contributed by atoms with van der Waals surface area (Å²) in [6.45, 7) is 2.48. The van der Waals surface area contributed by atoms with Gasteiger partial charge in [0.15, 0.2) is 0 Å². The minimum Gasteiger partial charge on any atom is -0.349 e. The number of rotatable bonds is 5. The van der Waals surface area contributed by atoms with Gasteiger partial charge in [-0.1, -0.05) is 12.1 Å². The van der Waals surface area contributed by atoms with Gasteiger partial charge in [-0.2, -0.15) is 0 Å². The van der Waals surface area contributed by atoms with Gasteiger partial charge in [-0.3, -0.25) is 14.4 Å². The number of likely N-dealkylation sites (tertiary alicyclic amines) is 1. The van der Waals surface area contributed by atoms with Crippen molar-refractivity contribution in [2.75, 3.05) is 11.9 Å². The van der Waals surface area contributed by atoms with Gasteiger partial charge < -0.3 is 15.5 Å². The molecule has 2 aliphatic rings. The highest BCUT2D eigenvalue weighted by molar-refractivity contribution is 7.12. The molecule has 152 valence electrons. The number of amides is 3. The Hall–Kier alpha value is -2.67. The van der Waals surface area contributed by atoms with Crippen LogP contribution in [0.25, 0.3) is 0 Å². The molecule has 2 heterocycles. The molecule has 1 aliphatic carbocycles. The Balaban J connectivity index is 1.49. The van der Waals surface area contributed by atoms with Crippen LogP contribution in [0.3, 0.4) is 0 Å². The van der Waals surface area contributed by atoms with E-state index in [1.165, 1.54) is 11.3 Å². The molecule has 1 aromatic carbocycles. The van der Waals surface area contributed by atoms with Crippen LogP contribution in [0.1, 0.15) is 57.7 Å². The van der Waals surface area contributed by atoms with Crippen molar-refractivity contribution in [1.82, 2.24) is 10.2 Å². The molecule has 1 aromatic heterocycles. The van der Waals surface area contributed by atoms with E-state index in [1.807, 2.05) is 24.4 Å². The number of carbonyl (C=O) groups excluding carboxylic acids is 3. The van der Waals surface area contributed by atoms with Crippen LogP contribution in [0.15, 0.2) is 35.7 Å². The van der Waals surface area contributed by atoms with Gasteiger partial charge >= 0.3 is 0 Å². The molecule has 29 heavy (non-hydrogen) atoms. The fraction of sp³-hybridized carbons (Fsp3) is 0.409. The normalized spacial score (nSPS) is 18.9. The molecule has 0 bridgehead atoms. The number of nitrogens with one attached hydrogen (secondary N) is 2. The number of hydrogen-bond donors (Lipinski definition) is 2. The average molecular weight is 412 g/mol. The van der Waals surface area contributed by atoms with E-state index >= 15 is 0 Å². The predicted octanol–water partition coefficient (Wildman–Crippen LogP) is 3.58. The molecular weight excluding hydrogens is 386 g/mol. The van der Waals surface area contributed by atoms with Gasteiger partial charge in [0.25, 0.3) is 11.8 Å². The van der Waals surface area contributed by atoms with E-state index < -0.39 is 6.04 Å². The lowest BCUT2D eigenvalue weighted by Gasteiger charge is -2.34. The lowest BCUT2D eigenvalue weighted by molar-refractivity contribution is -0.121. The summed E-state index contributed by atoms with van der Waals surface area (Å²) in [7, 11) is 0. The Morgan fingerprint density at radius 3 is 2.66 bits per heavy atom. The molecule has 0 radical (unpaired) electrons. The van der Waals surface area contributed by atoms with E-state index in [-0.39, 0.29) is 23.8 Å². The summed E-state index contributed by atoms with van der Waals surface area (Å²) < 4.78 is 0. The third-order valence-corrected chi connectivity index (χ3v) is 6.33. The van der Waals surface area contributed by atoms with Gasteiger partial charge in [0.2, 0.25) is 5.91 Å². The van der Waals surface area contributed by atoms with Crippen LogP contribution < -0.4 is 10.6 Å². The summed E-state index contributed by atoms with van der Waals surface area (Å²) in [6.07, 6.45) is 4.50. The maximum absolute atomic E-state index is 13.1. The van der Waals surface area contributed by atoms with Crippen LogP contribution in [-0.2, 0) is 4.79 Å². The monoisotopic (exact) mass is 411 g/mol. The number of nitrogens with zero attached hydrogens (tertiary/aromatic N) is 1. The Bertz CT molecular complexity index is 921. The third kappa shape index (κ3) is 4.50. The molecule has 4 rings (SSSR count). The Morgan fingerprint density at radius 1 is 1.10 bits per heavy atom. The first-order valence-corrected chi connectivity index (χ1v) is 11.0. The van der Waals surface area contributed by atoms with Crippen molar-refractivity contribution in [2.45, 2.75) is 51.1 Å². The van der Waals surface area contributed by atoms with Gasteiger partial charge in [-0.15, -0.1) is 11.3 Å². The van der Waals surface area contributed by atoms with Gasteiger partial charge in [0.05, 0.1) is 4.88 Å². The number of anilines is 1. The largest absolute Gasteiger partial charge is 0.349 e. The van der Waals surface area contributed by atoms with Crippen LogP contribution in [0.4, 0.5) is 5.69 Å². The van der Waals surface area contributed by atoms with E-state index in [4.69, 9.17) is 0 Å². The number of thiophene rings is 1. The van der Waals surface area contributed by atoms with Crippen molar-refractivity contribution in [3.8, 4) is 0 Å². The molecule has 1 aliphatic heterocycles. The summed E-state index contributed by atoms with van der Waals surface area (Å²) in [6, 6.07) is 8.76. The number of aryl methyl sites for hydroxylation is 1. The Morgan fingerprint density at radius 2 is 1.93 bits per heavy atom. The highest BCUT2D eigenvalue weighted by Gasteiger charge is 2.33. The zero-order valence-corrected chi connectivity index (χ0v) is 17.3. The SMILES string of the molecule is Cc1ccc(C(=O)NC2CC2)cc1NC(=O)C1CCCCN1C(=O)c1cccs1. The molecule has 2 fully saturated rings. The summed E-state index contributed by atoms with van der Waals surface area (Å²) >= 11 is 1.39. The molecule has 2 aromatic rings. The van der Waals surface area contributed by atoms with Gasteiger partial charge in [-0.25, -0.2) is 0 Å². The van der Waals surface area contributed by atoms with Crippen LogP contribution in [-0.4, -0.2) is 41.2 Å². The fourth-order valence-corrected chi connectivity index (χ4v) is 4.28. The molecule has 0 spiro atoms. The molecule has 3 amide bonds. The smallest absolute Gasteiger partial charge is 0.264 e. The highest BCUT2D eigenvalue weighted by Crippen LogP contribution is 2.25. The van der Waals surface area contributed by atoms with E-state index in [2.05, 4.69) is 10.6 Å². The van der Waals surface area contributed by atoms with Crippen LogP contribution in [0.5, 0.6) is 0 Å². The quantitative estimate of drug-likeness (QED) is 0.789. The van der Waals surface area contributed by atoms with Gasteiger partial charge in [0.1, 0.15) is 6.04 Å². The second-order valence-corrected chi connectivity index (χ2v) is 8.70. The van der Waals surface area contributed by atoms with Crippen molar-refractivity contribution in [3.05, 3.63) is 51.7 Å². The highest BCUT2D eigenvalue weighted by atomic mass is 32.1. The lowest BCUT2D eigenvalue weighted by atomic mass is 10.0.